The van der Waals surface area contributed by atoms with E-state index >= 15 is 0 Å². The van der Waals surface area contributed by atoms with Crippen LogP contribution >= 0.6 is 22.9 Å². The van der Waals surface area contributed by atoms with E-state index in [2.05, 4.69) is 14.7 Å². The summed E-state index contributed by atoms with van der Waals surface area (Å²) in [4.78, 5) is 21.8. The Bertz CT molecular complexity index is 574. The molecular weight excluding hydrogens is 286 g/mol. The van der Waals surface area contributed by atoms with Crippen LogP contribution in [0, 0.1) is 0 Å². The second-order valence-corrected chi connectivity index (χ2v) is 5.16. The SMILES string of the molecule is COC(=O)c1sc(N(C)Cc2ccncc2)nc1Cl. The highest BCUT2D eigenvalue weighted by Gasteiger charge is 2.19. The summed E-state index contributed by atoms with van der Waals surface area (Å²) >= 11 is 7.14. The lowest BCUT2D eigenvalue weighted by Crippen LogP contribution is -2.15. The van der Waals surface area contributed by atoms with Gasteiger partial charge in [-0.1, -0.05) is 22.9 Å². The van der Waals surface area contributed by atoms with Crippen molar-refractivity contribution in [2.75, 3.05) is 19.1 Å². The minimum atomic E-state index is -0.467. The van der Waals surface area contributed by atoms with E-state index in [1.54, 1.807) is 12.4 Å². The zero-order chi connectivity index (χ0) is 13.8. The number of esters is 1. The van der Waals surface area contributed by atoms with Crippen molar-refractivity contribution in [2.24, 2.45) is 0 Å². The highest BCUT2D eigenvalue weighted by Crippen LogP contribution is 2.30. The maximum absolute atomic E-state index is 11.5. The van der Waals surface area contributed by atoms with Gasteiger partial charge in [-0.15, -0.1) is 0 Å². The number of hydrogen-bond donors (Lipinski definition) is 0. The summed E-state index contributed by atoms with van der Waals surface area (Å²) in [6, 6.07) is 3.85. The first-order valence-corrected chi connectivity index (χ1v) is 6.66. The van der Waals surface area contributed by atoms with Crippen molar-refractivity contribution in [3.8, 4) is 0 Å². The molecule has 0 aromatic carbocycles. The summed E-state index contributed by atoms with van der Waals surface area (Å²) in [6.45, 7) is 0.660. The molecule has 0 saturated carbocycles. The fraction of sp³-hybridized carbons (Fsp3) is 0.250. The molecule has 0 unspecified atom stereocenters. The molecule has 5 nitrogen and oxygen atoms in total. The first-order valence-electron chi connectivity index (χ1n) is 5.46. The van der Waals surface area contributed by atoms with Crippen LogP contribution in [0.3, 0.4) is 0 Å². The Hall–Kier alpha value is -1.66. The van der Waals surface area contributed by atoms with Crippen LogP contribution in [0.15, 0.2) is 24.5 Å². The number of hydrogen-bond acceptors (Lipinski definition) is 6. The van der Waals surface area contributed by atoms with Crippen molar-refractivity contribution in [2.45, 2.75) is 6.54 Å². The first kappa shape index (κ1) is 13.8. The van der Waals surface area contributed by atoms with Gasteiger partial charge in [0, 0.05) is 26.0 Å². The third-order valence-corrected chi connectivity index (χ3v) is 3.98. The van der Waals surface area contributed by atoms with E-state index in [-0.39, 0.29) is 5.15 Å². The largest absolute Gasteiger partial charge is 0.465 e. The number of aromatic nitrogens is 2. The summed E-state index contributed by atoms with van der Waals surface area (Å²) in [5, 5.41) is 0.843. The van der Waals surface area contributed by atoms with Gasteiger partial charge in [0.05, 0.1) is 7.11 Å². The molecule has 2 aromatic rings. The van der Waals surface area contributed by atoms with Gasteiger partial charge in [-0.3, -0.25) is 4.98 Å². The maximum atomic E-state index is 11.5. The minimum absolute atomic E-state index is 0.174. The second kappa shape index (κ2) is 5.99. The van der Waals surface area contributed by atoms with Gasteiger partial charge in [-0.05, 0) is 17.7 Å². The molecule has 100 valence electrons. The number of carbonyl (C=O) groups is 1. The Balaban J connectivity index is 2.16. The smallest absolute Gasteiger partial charge is 0.351 e. The van der Waals surface area contributed by atoms with Crippen LogP contribution in [-0.2, 0) is 11.3 Å². The van der Waals surface area contributed by atoms with Crippen LogP contribution in [0.1, 0.15) is 15.2 Å². The lowest BCUT2D eigenvalue weighted by Gasteiger charge is -2.15. The Labute approximate surface area is 119 Å². The molecule has 0 aliphatic heterocycles. The topological polar surface area (TPSA) is 55.3 Å². The van der Waals surface area contributed by atoms with E-state index in [1.807, 2.05) is 24.1 Å². The number of rotatable bonds is 4. The van der Waals surface area contributed by atoms with Crippen molar-refractivity contribution >= 4 is 34.0 Å². The van der Waals surface area contributed by atoms with Gasteiger partial charge in [0.1, 0.15) is 0 Å². The predicted molar refractivity (Wildman–Crippen MR) is 74.8 cm³/mol. The van der Waals surface area contributed by atoms with Gasteiger partial charge in [0.15, 0.2) is 15.2 Å². The molecule has 0 fully saturated rings. The van der Waals surface area contributed by atoms with E-state index in [4.69, 9.17) is 11.6 Å². The van der Waals surface area contributed by atoms with Gasteiger partial charge < -0.3 is 9.64 Å². The molecule has 2 aromatic heterocycles. The van der Waals surface area contributed by atoms with Crippen LogP contribution in [0.4, 0.5) is 5.13 Å². The summed E-state index contributed by atoms with van der Waals surface area (Å²) in [7, 11) is 3.20. The van der Waals surface area contributed by atoms with Gasteiger partial charge in [0.25, 0.3) is 0 Å². The van der Waals surface area contributed by atoms with Crippen molar-refractivity contribution < 1.29 is 9.53 Å². The third kappa shape index (κ3) is 3.21. The normalized spacial score (nSPS) is 10.3. The van der Waals surface area contributed by atoms with Crippen LogP contribution in [-0.4, -0.2) is 30.1 Å². The number of anilines is 1. The Kier molecular flexibility index (Phi) is 4.34. The number of nitrogens with zero attached hydrogens (tertiary/aromatic N) is 3. The van der Waals surface area contributed by atoms with E-state index in [0.29, 0.717) is 16.6 Å². The average Bonchev–Trinajstić information content (AvgIpc) is 2.81. The molecule has 19 heavy (non-hydrogen) atoms. The zero-order valence-electron chi connectivity index (χ0n) is 10.5. The molecule has 0 aliphatic rings. The summed E-state index contributed by atoms with van der Waals surface area (Å²) in [5.74, 6) is -0.467. The van der Waals surface area contributed by atoms with E-state index in [9.17, 15) is 4.79 Å². The third-order valence-electron chi connectivity index (χ3n) is 2.44. The number of methoxy groups -OCH3 is 1. The predicted octanol–water partition coefficient (Wildman–Crippen LogP) is 2.61. The molecule has 0 radical (unpaired) electrons. The van der Waals surface area contributed by atoms with Crippen molar-refractivity contribution in [1.82, 2.24) is 9.97 Å². The van der Waals surface area contributed by atoms with Crippen LogP contribution < -0.4 is 4.90 Å². The lowest BCUT2D eigenvalue weighted by molar-refractivity contribution is 0.0606. The molecule has 2 rings (SSSR count). The number of ether oxygens (including phenoxy) is 1. The number of thiazole rings is 1. The van der Waals surface area contributed by atoms with Crippen molar-refractivity contribution in [1.29, 1.82) is 0 Å². The lowest BCUT2D eigenvalue weighted by atomic mass is 10.2. The van der Waals surface area contributed by atoms with Gasteiger partial charge in [0.2, 0.25) is 0 Å². The Morgan fingerprint density at radius 2 is 2.16 bits per heavy atom. The van der Waals surface area contributed by atoms with Crippen LogP contribution in [0.5, 0.6) is 0 Å². The molecule has 0 saturated heterocycles. The molecule has 7 heteroatoms. The highest BCUT2D eigenvalue weighted by atomic mass is 35.5. The minimum Gasteiger partial charge on any atom is -0.465 e. The highest BCUT2D eigenvalue weighted by molar-refractivity contribution is 7.18. The van der Waals surface area contributed by atoms with Crippen LogP contribution in [0.2, 0.25) is 5.15 Å². The first-order chi connectivity index (χ1) is 9.11. The molecule has 0 bridgehead atoms. The fourth-order valence-corrected chi connectivity index (χ4v) is 2.66. The molecule has 0 atom stereocenters. The Morgan fingerprint density at radius 1 is 1.47 bits per heavy atom. The van der Waals surface area contributed by atoms with E-state index < -0.39 is 5.97 Å². The van der Waals surface area contributed by atoms with E-state index in [0.717, 1.165) is 5.56 Å². The van der Waals surface area contributed by atoms with Crippen molar-refractivity contribution in [3.05, 3.63) is 40.1 Å². The number of pyridine rings is 1. The zero-order valence-corrected chi connectivity index (χ0v) is 12.0. The average molecular weight is 298 g/mol. The molecule has 0 amide bonds. The van der Waals surface area contributed by atoms with Crippen LogP contribution in [0.25, 0.3) is 0 Å². The fourth-order valence-electron chi connectivity index (χ4n) is 1.50. The van der Waals surface area contributed by atoms with Gasteiger partial charge >= 0.3 is 5.97 Å². The Morgan fingerprint density at radius 3 is 2.79 bits per heavy atom. The number of carbonyl (C=O) groups excluding carboxylic acids is 1. The monoisotopic (exact) mass is 297 g/mol. The molecule has 0 aliphatic carbocycles. The summed E-state index contributed by atoms with van der Waals surface area (Å²) < 4.78 is 4.65. The molecule has 0 spiro atoms. The molecule has 0 N–H and O–H groups in total. The van der Waals surface area contributed by atoms with E-state index in [1.165, 1.54) is 18.4 Å². The van der Waals surface area contributed by atoms with Crippen molar-refractivity contribution in [3.63, 3.8) is 0 Å². The summed E-state index contributed by atoms with van der Waals surface area (Å²) in [5.41, 5.74) is 1.10. The molecular formula is C12H12ClN3O2S. The standard InChI is InChI=1S/C12H12ClN3O2S/c1-16(7-8-3-5-14-6-4-8)12-15-10(13)9(19-12)11(17)18-2/h3-6H,7H2,1-2H3. The second-order valence-electron chi connectivity index (χ2n) is 3.82. The quantitative estimate of drug-likeness (QED) is 0.812. The van der Waals surface area contributed by atoms with Gasteiger partial charge in [-0.2, -0.15) is 0 Å². The van der Waals surface area contributed by atoms with Gasteiger partial charge in [-0.25, -0.2) is 9.78 Å². The summed E-state index contributed by atoms with van der Waals surface area (Å²) in [6.07, 6.45) is 3.47. The number of halogens is 1. The maximum Gasteiger partial charge on any atom is 0.351 e. The molecule has 2 heterocycles.